The van der Waals surface area contributed by atoms with E-state index in [-0.39, 0.29) is 0 Å². The first-order valence-electron chi connectivity index (χ1n) is 3.24. The van der Waals surface area contributed by atoms with Crippen molar-refractivity contribution in [2.24, 2.45) is 11.5 Å². The van der Waals surface area contributed by atoms with Gasteiger partial charge in [-0.15, -0.1) is 0 Å². The summed E-state index contributed by atoms with van der Waals surface area (Å²) in [6.07, 6.45) is 0. The van der Waals surface area contributed by atoms with Crippen molar-refractivity contribution >= 4 is 54.5 Å². The lowest BCUT2D eigenvalue weighted by Crippen LogP contribution is -2.46. The molecule has 12 heteroatoms. The van der Waals surface area contributed by atoms with Gasteiger partial charge >= 0.3 is 23.1 Å². The Kier molecular flexibility index (Phi) is 5.67. The molecule has 1 aromatic rings. The molecule has 0 aliphatic heterocycles. The van der Waals surface area contributed by atoms with Gasteiger partial charge in [0.05, 0.1) is 48.4 Å². The second kappa shape index (κ2) is 6.00. The van der Waals surface area contributed by atoms with Crippen molar-refractivity contribution in [1.29, 1.82) is 0 Å². The average Bonchev–Trinajstić information content (AvgIpc) is 2.20. The van der Waals surface area contributed by atoms with Crippen LogP contribution in [-0.2, 0) is 0 Å². The Morgan fingerprint density at radius 3 is 1.06 bits per heavy atom. The van der Waals surface area contributed by atoms with E-state index in [4.69, 9.17) is 4.79 Å². The van der Waals surface area contributed by atoms with Gasteiger partial charge in [0, 0.05) is 0 Å². The molecular weight excluding hydrogens is 422 g/mol. The number of rotatable bonds is 0. The van der Waals surface area contributed by atoms with E-state index in [0.29, 0.717) is 10.8 Å². The van der Waals surface area contributed by atoms with Gasteiger partial charge in [0.1, 0.15) is 0 Å². The quantitative estimate of drug-likeness (QED) is 0.532. The zero-order valence-corrected chi connectivity index (χ0v) is 12.0. The van der Waals surface area contributed by atoms with E-state index >= 15 is 0 Å². The Labute approximate surface area is 113 Å². The molecule has 0 spiro atoms. The fourth-order valence-electron chi connectivity index (χ4n) is 0.477. The highest BCUT2D eigenvalue weighted by atomic mass is 79.9. The fourth-order valence-corrected chi connectivity index (χ4v) is 2.07. The summed E-state index contributed by atoms with van der Waals surface area (Å²) in [7, 11) is 0. The van der Waals surface area contributed by atoms with Crippen molar-refractivity contribution in [2.45, 2.75) is 0 Å². The van der Waals surface area contributed by atoms with Crippen LogP contribution in [0.25, 0.3) is 0 Å². The monoisotopic (exact) mass is 423 g/mol. The van der Waals surface area contributed by atoms with Crippen molar-refractivity contribution in [2.75, 3.05) is 0 Å². The molecule has 0 unspecified atom stereocenters. The Morgan fingerprint density at radius 1 is 0.812 bits per heavy atom. The number of aromatic nitrogens is 3. The van der Waals surface area contributed by atoms with Crippen molar-refractivity contribution in [3.63, 3.8) is 0 Å². The van der Waals surface area contributed by atoms with Crippen LogP contribution in [0.4, 0.5) is 4.79 Å². The van der Waals surface area contributed by atoms with Crippen LogP contribution in [-0.4, -0.2) is 16.8 Å². The fraction of sp³-hybridized carbons (Fsp3) is 0. The number of carbonyl (C=O) groups is 1. The predicted octanol–water partition coefficient (Wildman–Crippen LogP) is -1.33. The molecule has 0 saturated heterocycles. The molecule has 0 bridgehead atoms. The van der Waals surface area contributed by atoms with E-state index < -0.39 is 23.1 Å². The summed E-state index contributed by atoms with van der Waals surface area (Å²) >= 11 is 8.00. The molecule has 0 aromatic carbocycles. The van der Waals surface area contributed by atoms with Gasteiger partial charge < -0.3 is 11.5 Å². The molecule has 0 radical (unpaired) electrons. The highest BCUT2D eigenvalue weighted by Gasteiger charge is 2.09. The van der Waals surface area contributed by atoms with E-state index in [2.05, 4.69) is 59.9 Å². The third-order valence-electron chi connectivity index (χ3n) is 1.01. The summed E-state index contributed by atoms with van der Waals surface area (Å²) in [4.78, 5) is 41.9. The SMILES string of the molecule is NC(N)=O.O=c1n(Br)c(=O)n(Br)c(=O)n1Br. The maximum absolute atomic E-state index is 11.0. The van der Waals surface area contributed by atoms with Gasteiger partial charge in [-0.3, -0.25) is 0 Å². The molecule has 0 aliphatic carbocycles. The van der Waals surface area contributed by atoms with Gasteiger partial charge in [0.25, 0.3) is 0 Å². The lowest BCUT2D eigenvalue weighted by Gasteiger charge is -1.97. The van der Waals surface area contributed by atoms with Gasteiger partial charge in [-0.1, -0.05) is 0 Å². The van der Waals surface area contributed by atoms with Crippen LogP contribution >= 0.6 is 48.4 Å². The van der Waals surface area contributed by atoms with E-state index in [9.17, 15) is 14.4 Å². The van der Waals surface area contributed by atoms with Crippen LogP contribution in [0, 0.1) is 0 Å². The summed E-state index contributed by atoms with van der Waals surface area (Å²) in [5.74, 6) is 0. The minimum atomic E-state index is -0.833. The second-order valence-corrected chi connectivity index (χ2v) is 4.22. The zero-order valence-electron chi connectivity index (χ0n) is 7.26. The smallest absolute Gasteiger partial charge is 0.352 e. The zero-order chi connectivity index (χ0) is 13.0. The number of primary amides is 2. The maximum Gasteiger partial charge on any atom is 0.357 e. The maximum atomic E-state index is 11.0. The van der Waals surface area contributed by atoms with Crippen molar-refractivity contribution in [3.05, 3.63) is 31.5 Å². The van der Waals surface area contributed by atoms with E-state index in [0.717, 1.165) is 0 Å². The summed E-state index contributed by atoms with van der Waals surface area (Å²) in [5.41, 5.74) is 6.09. The van der Waals surface area contributed by atoms with Crippen molar-refractivity contribution in [3.8, 4) is 0 Å². The van der Waals surface area contributed by atoms with Crippen LogP contribution in [0.15, 0.2) is 14.4 Å². The molecule has 2 amide bonds. The number of nitrogens with two attached hydrogens (primary N) is 2. The van der Waals surface area contributed by atoms with Crippen LogP contribution in [0.2, 0.25) is 0 Å². The Morgan fingerprint density at radius 2 is 0.938 bits per heavy atom. The standard InChI is InChI=1S/C3Br3N3O3.CH4N2O/c4-7-1(10)8(5)3(12)9(6)2(7)11;2-1(3)4/h;(H4,2,3,4). The van der Waals surface area contributed by atoms with E-state index in [1.807, 2.05) is 0 Å². The minimum Gasteiger partial charge on any atom is -0.352 e. The number of urea groups is 1. The Balaban J connectivity index is 0.000000487. The third-order valence-corrected chi connectivity index (χ3v) is 2.83. The minimum absolute atomic E-state index is 0.595. The lowest BCUT2D eigenvalue weighted by atomic mass is 11.0. The summed E-state index contributed by atoms with van der Waals surface area (Å²) < 4.78 is 1.79. The van der Waals surface area contributed by atoms with Crippen LogP contribution < -0.4 is 28.5 Å². The highest BCUT2D eigenvalue weighted by molar-refractivity contribution is 9.09. The first-order chi connectivity index (χ1) is 7.20. The number of hydrogen-bond acceptors (Lipinski definition) is 4. The van der Waals surface area contributed by atoms with Gasteiger partial charge in [-0.05, 0) is 0 Å². The molecule has 1 rings (SSSR count). The van der Waals surface area contributed by atoms with E-state index in [1.54, 1.807) is 0 Å². The highest BCUT2D eigenvalue weighted by Crippen LogP contribution is 1.84. The average molecular weight is 426 g/mol. The number of hydrogen-bond donors (Lipinski definition) is 2. The molecule has 0 saturated carbocycles. The third kappa shape index (κ3) is 3.61. The molecule has 0 atom stereocenters. The Bertz CT molecular complexity index is 465. The first-order valence-corrected chi connectivity index (χ1v) is 5.37. The van der Waals surface area contributed by atoms with Crippen LogP contribution in [0.3, 0.4) is 0 Å². The van der Waals surface area contributed by atoms with Gasteiger partial charge in [-0.2, -0.15) is 10.8 Å². The number of nitrogens with zero attached hydrogens (tertiary/aromatic N) is 3. The number of halogens is 3. The normalized spacial score (nSPS) is 9.19. The molecule has 0 fully saturated rings. The largest absolute Gasteiger partial charge is 0.357 e. The van der Waals surface area contributed by atoms with Crippen LogP contribution in [0.1, 0.15) is 0 Å². The molecule has 9 nitrogen and oxygen atoms in total. The lowest BCUT2D eigenvalue weighted by molar-refractivity contribution is 0.256. The van der Waals surface area contributed by atoms with E-state index in [1.165, 1.54) is 0 Å². The molecule has 1 heterocycles. The molecule has 16 heavy (non-hydrogen) atoms. The van der Waals surface area contributed by atoms with Crippen LogP contribution in [0.5, 0.6) is 0 Å². The number of amides is 2. The first kappa shape index (κ1) is 15.1. The molecule has 90 valence electrons. The van der Waals surface area contributed by atoms with Crippen molar-refractivity contribution < 1.29 is 4.79 Å². The molecule has 0 aliphatic rings. The van der Waals surface area contributed by atoms with Gasteiger partial charge in [-0.25, -0.2) is 19.2 Å². The number of carbonyl (C=O) groups excluding carboxylic acids is 1. The molecule has 1 aromatic heterocycles. The van der Waals surface area contributed by atoms with Gasteiger partial charge in [0.2, 0.25) is 0 Å². The summed E-state index contributed by atoms with van der Waals surface area (Å²) in [6, 6.07) is -0.833. The molecular formula is C4H4Br3N5O4. The topological polar surface area (TPSA) is 135 Å². The second-order valence-electron chi connectivity index (χ2n) is 2.09. The van der Waals surface area contributed by atoms with Gasteiger partial charge in [0.15, 0.2) is 0 Å². The summed E-state index contributed by atoms with van der Waals surface area (Å²) in [5, 5.41) is 0. The molecule has 4 N–H and O–H groups in total. The predicted molar refractivity (Wildman–Crippen MR) is 66.0 cm³/mol. The Hall–Kier alpha value is -0.880. The summed E-state index contributed by atoms with van der Waals surface area (Å²) in [6.45, 7) is 0. The van der Waals surface area contributed by atoms with Crippen molar-refractivity contribution in [1.82, 2.24) is 10.8 Å².